The Balaban J connectivity index is -0.0000000500. The van der Waals surface area contributed by atoms with Crippen LogP contribution in [0.1, 0.15) is 11.2 Å². The van der Waals surface area contributed by atoms with Gasteiger partial charge in [0.25, 0.3) is 5.08 Å². The fourth-order valence-electron chi connectivity index (χ4n) is 0.170. The monoisotopic (exact) mass is 272 g/mol. The van der Waals surface area contributed by atoms with Crippen molar-refractivity contribution in [2.24, 2.45) is 0 Å². The van der Waals surface area contributed by atoms with Crippen LogP contribution in [0.3, 0.4) is 0 Å². The van der Waals surface area contributed by atoms with Crippen molar-refractivity contribution in [3.05, 3.63) is 0 Å². The van der Waals surface area contributed by atoms with Gasteiger partial charge in [0, 0.05) is 0 Å². The number of rotatable bonds is 2. The summed E-state index contributed by atoms with van der Waals surface area (Å²) in [6.45, 7) is 0.383. The van der Waals surface area contributed by atoms with E-state index in [1.54, 1.807) is 0 Å². The van der Waals surface area contributed by atoms with E-state index in [0.29, 0.717) is 6.92 Å². The van der Waals surface area contributed by atoms with Crippen LogP contribution in [0.25, 0.3) is 0 Å². The van der Waals surface area contributed by atoms with Gasteiger partial charge in [0.1, 0.15) is 0 Å². The zero-order valence-corrected chi connectivity index (χ0v) is 13.2. The predicted octanol–water partition coefficient (Wildman–Crippen LogP) is -4.03. The maximum absolute atomic E-state index is 10.3. The molecule has 0 aliphatic rings. The molecule has 0 bridgehead atoms. The van der Waals surface area contributed by atoms with E-state index < -0.39 is 20.3 Å². The minimum absolute atomic E-state index is 0. The van der Waals surface area contributed by atoms with Crippen LogP contribution in [0, 0.1) is 0 Å². The third-order valence-corrected chi connectivity index (χ3v) is 4.87. The molecule has 0 rings (SSSR count). The number of aliphatic hydroxyl groups is 1. The van der Waals surface area contributed by atoms with E-state index in [2.05, 4.69) is 0 Å². The van der Waals surface area contributed by atoms with Crippen LogP contribution in [-0.2, 0) is 9.13 Å². The quantitative estimate of drug-likeness (QED) is 0.255. The summed E-state index contributed by atoms with van der Waals surface area (Å²) in [4.78, 5) is 33.0. The van der Waals surface area contributed by atoms with E-state index in [1.165, 1.54) is 0 Å². The molecule has 0 heterocycles. The smallest absolute Gasteiger partial charge is 1.00 e. The molecule has 0 fully saturated rings. The van der Waals surface area contributed by atoms with E-state index in [1.807, 2.05) is 0 Å². The summed E-state index contributed by atoms with van der Waals surface area (Å²) in [6, 6.07) is 0. The average molecular weight is 272 g/mol. The largest absolute Gasteiger partial charge is 2.00 e. The molecule has 11 heteroatoms. The molecule has 0 spiro atoms. The van der Waals surface area contributed by atoms with Crippen LogP contribution in [0.5, 0.6) is 0 Å². The first-order valence-corrected chi connectivity index (χ1v) is 5.56. The van der Waals surface area contributed by atoms with Crippen molar-refractivity contribution in [1.82, 2.24) is 0 Å². The van der Waals surface area contributed by atoms with E-state index in [4.69, 9.17) is 24.7 Å². The minimum atomic E-state index is -5.20. The fourth-order valence-corrected chi connectivity index (χ4v) is 1.53. The summed E-state index contributed by atoms with van der Waals surface area (Å²) in [5, 5.41) is 5.37. The second kappa shape index (κ2) is 6.30. The maximum atomic E-state index is 10.3. The van der Waals surface area contributed by atoms with E-state index >= 15 is 0 Å². The second-order valence-electron chi connectivity index (χ2n) is 2.06. The summed E-state index contributed by atoms with van der Waals surface area (Å²) in [6.07, 6.45) is 0. The Morgan fingerprint density at radius 3 is 1.23 bits per heavy atom. The molecule has 74 valence electrons. The van der Waals surface area contributed by atoms with Gasteiger partial charge in [-0.15, -0.1) is 0 Å². The van der Waals surface area contributed by atoms with Gasteiger partial charge >= 0.3 is 82.5 Å². The Hall–Kier alpha value is 2.52. The predicted molar refractivity (Wildman–Crippen MR) is 43.8 cm³/mol. The Bertz CT molecular complexity index is 228. The zero-order valence-electron chi connectivity index (χ0n) is 10.2. The average Bonchev–Trinajstić information content (AvgIpc) is 1.58. The van der Waals surface area contributed by atoms with Gasteiger partial charge in [-0.2, -0.15) is 0 Å². The normalized spacial score (nSPS) is 12.8. The van der Waals surface area contributed by atoms with Crippen molar-refractivity contribution < 1.29 is 67.6 Å². The second-order valence-corrected chi connectivity index (χ2v) is 6.33. The van der Waals surface area contributed by atoms with Crippen molar-refractivity contribution in [2.75, 3.05) is 0 Å². The SMILES string of the molecule is CC(O)(P(=O)(O)O)P(=O)(O)O.[Ca+2].[H-].[H-].[H-].[Na+]. The Labute approximate surface area is 131 Å². The first-order chi connectivity index (χ1) is 4.50. The van der Waals surface area contributed by atoms with Crippen LogP contribution >= 0.6 is 15.2 Å². The van der Waals surface area contributed by atoms with Crippen molar-refractivity contribution >= 4 is 52.9 Å². The van der Waals surface area contributed by atoms with E-state index in [0.717, 1.165) is 0 Å². The van der Waals surface area contributed by atoms with Crippen molar-refractivity contribution in [1.29, 1.82) is 0 Å². The van der Waals surface area contributed by atoms with Gasteiger partial charge in [0.05, 0.1) is 0 Å². The minimum Gasteiger partial charge on any atom is -1.00 e. The summed E-state index contributed by atoms with van der Waals surface area (Å²) in [5.41, 5.74) is 0. The van der Waals surface area contributed by atoms with Gasteiger partial charge in [0.15, 0.2) is 0 Å². The van der Waals surface area contributed by atoms with Gasteiger partial charge in [-0.25, -0.2) is 0 Å². The van der Waals surface area contributed by atoms with Crippen molar-refractivity contribution in [3.8, 4) is 0 Å². The molecule has 0 saturated heterocycles. The maximum Gasteiger partial charge on any atom is 2.00 e. The summed E-state index contributed by atoms with van der Waals surface area (Å²) < 4.78 is 20.5. The molecule has 0 radical (unpaired) electrons. The molecule has 0 unspecified atom stereocenters. The molecule has 13 heavy (non-hydrogen) atoms. The van der Waals surface area contributed by atoms with E-state index in [9.17, 15) is 9.13 Å². The molecule has 0 aliphatic heterocycles. The third-order valence-electron chi connectivity index (χ3n) is 1.10. The molecule has 0 aromatic heterocycles. The van der Waals surface area contributed by atoms with E-state index in [-0.39, 0.29) is 71.6 Å². The van der Waals surface area contributed by atoms with Crippen molar-refractivity contribution in [2.45, 2.75) is 12.0 Å². The molecule has 0 aromatic rings. The molecule has 0 atom stereocenters. The van der Waals surface area contributed by atoms with Gasteiger partial charge in [-0.3, -0.25) is 9.13 Å². The Morgan fingerprint density at radius 2 is 1.23 bits per heavy atom. The molecule has 5 N–H and O–H groups in total. The Kier molecular flexibility index (Phi) is 10.1. The molecular weight excluding hydrogens is 261 g/mol. The first-order valence-electron chi connectivity index (χ1n) is 2.34. The number of hydrogen-bond acceptors (Lipinski definition) is 3. The third kappa shape index (κ3) is 5.41. The van der Waals surface area contributed by atoms with Crippen LogP contribution in [0.4, 0.5) is 0 Å². The zero-order chi connectivity index (χ0) is 9.50. The summed E-state index contributed by atoms with van der Waals surface area (Å²) in [7, 11) is -10.4. The van der Waals surface area contributed by atoms with Gasteiger partial charge in [0.2, 0.25) is 0 Å². The molecule has 0 saturated carbocycles. The summed E-state index contributed by atoms with van der Waals surface area (Å²) in [5.74, 6) is 0. The molecular formula is C2H11CaNaO7P2. The Morgan fingerprint density at radius 1 is 1.08 bits per heavy atom. The van der Waals surface area contributed by atoms with Crippen molar-refractivity contribution in [3.63, 3.8) is 0 Å². The van der Waals surface area contributed by atoms with Crippen LogP contribution in [0.15, 0.2) is 0 Å². The molecule has 0 aliphatic carbocycles. The first kappa shape index (κ1) is 20.9. The van der Waals surface area contributed by atoms with Crippen LogP contribution in [-0.4, -0.2) is 67.5 Å². The standard InChI is InChI=1S/C2H8O7P2.Ca.Na.3H/c1-2(3,10(4,5)6)11(7,8)9;;;;;/h3H,1H3,(H2,4,5,6)(H2,7,8,9);;;;;/q;+2;+1;3*-1. The molecule has 0 amide bonds. The fraction of sp³-hybridized carbons (Fsp3) is 1.00. The van der Waals surface area contributed by atoms with Gasteiger partial charge < -0.3 is 29.0 Å². The molecule has 0 aromatic carbocycles. The number of hydrogen-bond donors (Lipinski definition) is 5. The van der Waals surface area contributed by atoms with Gasteiger partial charge in [-0.05, 0) is 6.92 Å². The van der Waals surface area contributed by atoms with Crippen LogP contribution in [0.2, 0.25) is 0 Å². The van der Waals surface area contributed by atoms with Crippen LogP contribution < -0.4 is 29.6 Å². The molecule has 7 nitrogen and oxygen atoms in total. The summed E-state index contributed by atoms with van der Waals surface area (Å²) >= 11 is 0. The topological polar surface area (TPSA) is 135 Å². The van der Waals surface area contributed by atoms with Gasteiger partial charge in [-0.1, -0.05) is 0 Å².